The van der Waals surface area contributed by atoms with Crippen molar-refractivity contribution in [2.45, 2.75) is 33.2 Å². The van der Waals surface area contributed by atoms with Crippen LogP contribution in [0.4, 0.5) is 0 Å². The van der Waals surface area contributed by atoms with Crippen LogP contribution in [0.1, 0.15) is 37.8 Å². The maximum Gasteiger partial charge on any atom is 0.248 e. The molecule has 0 radical (unpaired) electrons. The third kappa shape index (κ3) is 3.22. The summed E-state index contributed by atoms with van der Waals surface area (Å²) >= 11 is 3.53. The van der Waals surface area contributed by atoms with Crippen LogP contribution in [0.25, 0.3) is 11.5 Å². The van der Waals surface area contributed by atoms with E-state index in [1.54, 1.807) is 0 Å². The summed E-state index contributed by atoms with van der Waals surface area (Å²) in [6, 6.07) is 6.19. The van der Waals surface area contributed by atoms with Gasteiger partial charge in [0.2, 0.25) is 11.8 Å². The first-order valence-corrected chi connectivity index (χ1v) is 7.28. The van der Waals surface area contributed by atoms with Crippen LogP contribution in [0.15, 0.2) is 27.1 Å². The molecular formula is C14H18BrN3O. The van der Waals surface area contributed by atoms with Gasteiger partial charge in [0.05, 0.1) is 11.6 Å². The van der Waals surface area contributed by atoms with E-state index < -0.39 is 0 Å². The standard InChI is InChI=1S/C14H18BrN3O/c1-4-12(16-5-2)14-18-17-13(19-14)10-7-6-9(3)8-11(10)15/h6-8,12,16H,4-5H2,1-3H3. The minimum Gasteiger partial charge on any atom is -0.419 e. The first-order valence-electron chi connectivity index (χ1n) is 6.49. The lowest BCUT2D eigenvalue weighted by Gasteiger charge is -2.10. The summed E-state index contributed by atoms with van der Waals surface area (Å²) in [6.45, 7) is 7.09. The molecule has 5 heteroatoms. The molecule has 1 unspecified atom stereocenters. The van der Waals surface area contributed by atoms with Gasteiger partial charge in [-0.05, 0) is 53.5 Å². The number of aryl methyl sites for hydroxylation is 1. The van der Waals surface area contributed by atoms with E-state index in [9.17, 15) is 0 Å². The summed E-state index contributed by atoms with van der Waals surface area (Å²) in [6.07, 6.45) is 0.921. The highest BCUT2D eigenvalue weighted by Crippen LogP contribution is 2.29. The van der Waals surface area contributed by atoms with E-state index >= 15 is 0 Å². The number of hydrogen-bond donors (Lipinski definition) is 1. The molecule has 0 aliphatic heterocycles. The Labute approximate surface area is 121 Å². The maximum atomic E-state index is 5.78. The molecule has 1 atom stereocenters. The van der Waals surface area contributed by atoms with Crippen LogP contribution in [0.3, 0.4) is 0 Å². The summed E-state index contributed by atoms with van der Waals surface area (Å²) in [7, 11) is 0. The Morgan fingerprint density at radius 3 is 2.74 bits per heavy atom. The van der Waals surface area contributed by atoms with Crippen molar-refractivity contribution in [2.75, 3.05) is 6.54 Å². The van der Waals surface area contributed by atoms with E-state index in [1.165, 1.54) is 5.56 Å². The van der Waals surface area contributed by atoms with Crippen LogP contribution < -0.4 is 5.32 Å². The fraction of sp³-hybridized carbons (Fsp3) is 0.429. The molecule has 19 heavy (non-hydrogen) atoms. The van der Waals surface area contributed by atoms with Gasteiger partial charge in [0.1, 0.15) is 0 Å². The van der Waals surface area contributed by atoms with Gasteiger partial charge < -0.3 is 9.73 Å². The third-order valence-corrected chi connectivity index (χ3v) is 3.61. The number of halogens is 1. The maximum absolute atomic E-state index is 5.78. The molecule has 0 saturated carbocycles. The summed E-state index contributed by atoms with van der Waals surface area (Å²) in [5.74, 6) is 1.20. The Balaban J connectivity index is 2.29. The molecule has 2 rings (SSSR count). The number of aromatic nitrogens is 2. The van der Waals surface area contributed by atoms with Gasteiger partial charge in [-0.2, -0.15) is 0 Å². The monoisotopic (exact) mass is 323 g/mol. The lowest BCUT2D eigenvalue weighted by atomic mass is 10.1. The zero-order valence-electron chi connectivity index (χ0n) is 11.4. The third-order valence-electron chi connectivity index (χ3n) is 2.95. The molecule has 102 valence electrons. The van der Waals surface area contributed by atoms with Crippen molar-refractivity contribution in [3.05, 3.63) is 34.1 Å². The van der Waals surface area contributed by atoms with E-state index in [-0.39, 0.29) is 6.04 Å². The first-order chi connectivity index (χ1) is 9.15. The Kier molecular flexibility index (Phi) is 4.71. The lowest BCUT2D eigenvalue weighted by molar-refractivity contribution is 0.402. The number of benzene rings is 1. The van der Waals surface area contributed by atoms with E-state index in [4.69, 9.17) is 4.42 Å². The molecular weight excluding hydrogens is 306 g/mol. The van der Waals surface area contributed by atoms with E-state index in [0.29, 0.717) is 11.8 Å². The largest absolute Gasteiger partial charge is 0.419 e. The summed E-state index contributed by atoms with van der Waals surface area (Å²) < 4.78 is 6.75. The molecule has 1 N–H and O–H groups in total. The number of nitrogens with one attached hydrogen (secondary N) is 1. The quantitative estimate of drug-likeness (QED) is 0.907. The highest BCUT2D eigenvalue weighted by atomic mass is 79.9. The average Bonchev–Trinajstić information content (AvgIpc) is 2.85. The second-order valence-corrected chi connectivity index (χ2v) is 5.30. The van der Waals surface area contributed by atoms with Crippen LogP contribution in [-0.4, -0.2) is 16.7 Å². The highest BCUT2D eigenvalue weighted by Gasteiger charge is 2.17. The highest BCUT2D eigenvalue weighted by molar-refractivity contribution is 9.10. The zero-order valence-corrected chi connectivity index (χ0v) is 13.0. The SMILES string of the molecule is CCNC(CC)c1nnc(-c2ccc(C)cc2Br)o1. The van der Waals surface area contributed by atoms with Gasteiger partial charge in [-0.1, -0.05) is 19.9 Å². The topological polar surface area (TPSA) is 51.0 Å². The predicted octanol–water partition coefficient (Wildman–Crippen LogP) is 3.87. The van der Waals surface area contributed by atoms with Crippen LogP contribution in [0, 0.1) is 6.92 Å². The second kappa shape index (κ2) is 6.30. The Morgan fingerprint density at radius 2 is 2.11 bits per heavy atom. The van der Waals surface area contributed by atoms with Crippen LogP contribution in [0.2, 0.25) is 0 Å². The van der Waals surface area contributed by atoms with E-state index in [0.717, 1.165) is 23.0 Å². The smallest absolute Gasteiger partial charge is 0.248 e. The molecule has 0 amide bonds. The molecule has 0 saturated heterocycles. The average molecular weight is 324 g/mol. The Morgan fingerprint density at radius 1 is 1.32 bits per heavy atom. The van der Waals surface area contributed by atoms with Crippen molar-refractivity contribution in [3.63, 3.8) is 0 Å². The molecule has 0 aliphatic rings. The Hall–Kier alpha value is -1.20. The van der Waals surface area contributed by atoms with Crippen molar-refractivity contribution in [2.24, 2.45) is 0 Å². The van der Waals surface area contributed by atoms with Crippen LogP contribution >= 0.6 is 15.9 Å². The summed E-state index contributed by atoms with van der Waals surface area (Å²) in [5, 5.41) is 11.6. The Bertz CT molecular complexity index is 553. The van der Waals surface area contributed by atoms with Gasteiger partial charge in [-0.15, -0.1) is 10.2 Å². The molecule has 0 spiro atoms. The second-order valence-electron chi connectivity index (χ2n) is 4.45. The van der Waals surface area contributed by atoms with Gasteiger partial charge in [-0.25, -0.2) is 0 Å². The fourth-order valence-corrected chi connectivity index (χ4v) is 2.59. The molecule has 0 aliphatic carbocycles. The zero-order chi connectivity index (χ0) is 13.8. The predicted molar refractivity (Wildman–Crippen MR) is 78.9 cm³/mol. The minimum atomic E-state index is 0.121. The lowest BCUT2D eigenvalue weighted by Crippen LogP contribution is -2.20. The van der Waals surface area contributed by atoms with Crippen molar-refractivity contribution in [3.8, 4) is 11.5 Å². The number of nitrogens with zero attached hydrogens (tertiary/aromatic N) is 2. The van der Waals surface area contributed by atoms with E-state index in [1.807, 2.05) is 25.1 Å². The van der Waals surface area contributed by atoms with Crippen molar-refractivity contribution < 1.29 is 4.42 Å². The minimum absolute atomic E-state index is 0.121. The van der Waals surface area contributed by atoms with Gasteiger partial charge >= 0.3 is 0 Å². The molecule has 4 nitrogen and oxygen atoms in total. The molecule has 0 fully saturated rings. The first kappa shape index (κ1) is 14.2. The molecule has 1 aromatic heterocycles. The molecule has 2 aromatic rings. The number of rotatable bonds is 5. The van der Waals surface area contributed by atoms with Gasteiger partial charge in [0.15, 0.2) is 0 Å². The van der Waals surface area contributed by atoms with E-state index in [2.05, 4.69) is 45.3 Å². The van der Waals surface area contributed by atoms with Crippen LogP contribution in [-0.2, 0) is 0 Å². The fourth-order valence-electron chi connectivity index (χ4n) is 1.93. The van der Waals surface area contributed by atoms with Gasteiger partial charge in [0.25, 0.3) is 0 Å². The molecule has 0 bridgehead atoms. The summed E-state index contributed by atoms with van der Waals surface area (Å²) in [4.78, 5) is 0. The van der Waals surface area contributed by atoms with Gasteiger partial charge in [-0.3, -0.25) is 0 Å². The van der Waals surface area contributed by atoms with Crippen molar-refractivity contribution in [1.82, 2.24) is 15.5 Å². The van der Waals surface area contributed by atoms with Gasteiger partial charge in [0, 0.05) is 4.47 Å². The molecule has 1 heterocycles. The number of hydrogen-bond acceptors (Lipinski definition) is 4. The molecule has 1 aromatic carbocycles. The summed E-state index contributed by atoms with van der Waals surface area (Å²) in [5.41, 5.74) is 2.12. The normalized spacial score (nSPS) is 12.6. The van der Waals surface area contributed by atoms with Crippen LogP contribution in [0.5, 0.6) is 0 Å². The van der Waals surface area contributed by atoms with Crippen molar-refractivity contribution in [1.29, 1.82) is 0 Å². The van der Waals surface area contributed by atoms with Crippen molar-refractivity contribution >= 4 is 15.9 Å².